The molecule has 12 rings (SSSR count). The minimum Gasteiger partial charge on any atom is -0.509 e. The van der Waals surface area contributed by atoms with E-state index in [1.807, 2.05) is 56.3 Å². The fourth-order valence-electron chi connectivity index (χ4n) is 12.4. The summed E-state index contributed by atoms with van der Waals surface area (Å²) >= 11 is 0. The quantitative estimate of drug-likeness (QED) is 0.114. The normalized spacial score (nSPS) is 16.0. The van der Waals surface area contributed by atoms with Crippen LogP contribution in [-0.4, -0.2) is 9.55 Å². The van der Waals surface area contributed by atoms with Crippen LogP contribution in [0.15, 0.2) is 170 Å². The van der Waals surface area contributed by atoms with Crippen LogP contribution in [0.25, 0.3) is 61.0 Å². The Kier molecular flexibility index (Phi) is 13.6. The number of nitrogens with zero attached hydrogens (tertiary/aromatic N) is 4. The molecule has 1 aliphatic heterocycles. The van der Waals surface area contributed by atoms with Gasteiger partial charge in [-0.3, -0.25) is 0 Å². The summed E-state index contributed by atoms with van der Waals surface area (Å²) in [5, 5.41) is 0.991. The van der Waals surface area contributed by atoms with Crippen molar-refractivity contribution in [3.63, 3.8) is 0 Å². The number of para-hydroxylation sites is 3. The summed E-state index contributed by atoms with van der Waals surface area (Å²) in [6.07, 6.45) is 3.34. The standard InChI is InChI=1S/C78H81N4O.Pt/c1-50(2)38-52-40-57(44-59(41-52)76(8,9)10)54-26-28-55(29-27-54)65-42-53(39-51(3)4)43-66(56-30-33-67-68(45-56)78(13,14)36-35-77(67,11)12)74(65)81-49-80(70-24-17-18-25-71(70)81)60-20-19-21-61(47-60)83-62-31-32-64-63-22-15-16-23-69(63)82(72(64)48-62)73-46-58(34-37-79-73)75(5,6)7;/h15-34,37,40-46,49-51H,35-36,38-39H2,1-14H3;/q-3;/i15D,16D,22D,23D,38D2;. The molecule has 432 valence electrons. The van der Waals surface area contributed by atoms with Crippen molar-refractivity contribution in [3.05, 3.63) is 222 Å². The van der Waals surface area contributed by atoms with E-state index in [-0.39, 0.29) is 72.8 Å². The molecule has 0 fully saturated rings. The van der Waals surface area contributed by atoms with Crippen molar-refractivity contribution in [2.24, 2.45) is 11.8 Å². The molecule has 0 bridgehead atoms. The number of hydrogen-bond acceptors (Lipinski definition) is 4. The van der Waals surface area contributed by atoms with Crippen molar-refractivity contribution < 1.29 is 34.0 Å². The Labute approximate surface area is 523 Å². The molecule has 0 spiro atoms. The Morgan fingerprint density at radius 2 is 1.26 bits per heavy atom. The smallest absolute Gasteiger partial charge is 0.135 e. The zero-order chi connectivity index (χ0) is 63.6. The summed E-state index contributed by atoms with van der Waals surface area (Å²) in [4.78, 5) is 9.31. The number of aromatic nitrogens is 2. The predicted octanol–water partition coefficient (Wildman–Crippen LogP) is 21.3. The summed E-state index contributed by atoms with van der Waals surface area (Å²) in [5.74, 6) is 1.53. The summed E-state index contributed by atoms with van der Waals surface area (Å²) < 4.78 is 62.5. The van der Waals surface area contributed by atoms with Crippen molar-refractivity contribution in [2.75, 3.05) is 9.80 Å². The molecule has 0 radical (unpaired) electrons. The molecule has 6 heteroatoms. The van der Waals surface area contributed by atoms with E-state index >= 15 is 0 Å². The number of ether oxygens (including phenoxy) is 1. The van der Waals surface area contributed by atoms with E-state index in [4.69, 9.17) is 15.2 Å². The summed E-state index contributed by atoms with van der Waals surface area (Å²) in [6.45, 7) is 33.2. The van der Waals surface area contributed by atoms with Gasteiger partial charge in [0, 0.05) is 75.2 Å². The Morgan fingerprint density at radius 3 is 1.96 bits per heavy atom. The Morgan fingerprint density at radius 1 is 0.607 bits per heavy atom. The number of pyridine rings is 1. The molecule has 0 saturated carbocycles. The average molecular weight is 1290 g/mol. The van der Waals surface area contributed by atoms with Crippen LogP contribution in [0.5, 0.6) is 11.5 Å². The van der Waals surface area contributed by atoms with E-state index in [1.54, 1.807) is 16.8 Å². The van der Waals surface area contributed by atoms with Gasteiger partial charge in [-0.15, -0.1) is 48.1 Å². The van der Waals surface area contributed by atoms with E-state index in [0.29, 0.717) is 50.6 Å². The molecule has 5 nitrogen and oxygen atoms in total. The monoisotopic (exact) mass is 1290 g/mol. The largest absolute Gasteiger partial charge is 0.509 e. The summed E-state index contributed by atoms with van der Waals surface area (Å²) in [6, 6.07) is 55.5. The van der Waals surface area contributed by atoms with Gasteiger partial charge >= 0.3 is 0 Å². The topological polar surface area (TPSA) is 33.5 Å². The van der Waals surface area contributed by atoms with Gasteiger partial charge in [-0.1, -0.05) is 193 Å². The molecule has 8 aromatic carbocycles. The fourth-order valence-corrected chi connectivity index (χ4v) is 12.4. The Balaban J connectivity index is 0.00000833. The number of fused-ring (bicyclic) bond motifs is 5. The zero-order valence-electron chi connectivity index (χ0n) is 57.2. The third-order valence-electron chi connectivity index (χ3n) is 17.0. The SMILES string of the molecule is [2H]c1c([2H])c([2H])c2c(c1[2H])c1ccc(Oc3[c-]c(N4[CH-]N(c5c(-c6ccc(-c7cc(C(C)(C)C)cc(C([2H])([2H])C(C)C)c7)cc6)cc(CC(C)C)cc5-c5ccc6c(c5)C(C)(C)CCC6(C)C)c5ccccc54)ccc3)[c-]c1n2-c1cc(C(C)(C)C)ccn1.[Pt]. The summed E-state index contributed by atoms with van der Waals surface area (Å²) in [7, 11) is 0. The second-order valence-corrected chi connectivity index (χ2v) is 27.2. The van der Waals surface area contributed by atoms with Gasteiger partial charge in [-0.05, 0) is 163 Å². The molecule has 2 aromatic heterocycles. The fraction of sp³-hybridized carbons (Fsp3) is 0.308. The summed E-state index contributed by atoms with van der Waals surface area (Å²) in [5.41, 5.74) is 17.6. The van der Waals surface area contributed by atoms with Gasteiger partial charge in [0.15, 0.2) is 0 Å². The molecule has 0 N–H and O–H groups in total. The molecule has 0 amide bonds. The van der Waals surface area contributed by atoms with Gasteiger partial charge in [0.25, 0.3) is 0 Å². The van der Waals surface area contributed by atoms with Gasteiger partial charge in [-0.2, -0.15) is 12.1 Å². The molecule has 0 unspecified atom stereocenters. The first-order valence-corrected chi connectivity index (χ1v) is 29.7. The molecule has 0 atom stereocenters. The molecular formula is C78H81N4OPt-3. The van der Waals surface area contributed by atoms with Crippen LogP contribution in [-0.2, 0) is 55.5 Å². The predicted molar refractivity (Wildman–Crippen MR) is 350 cm³/mol. The second-order valence-electron chi connectivity index (χ2n) is 27.2. The number of hydrogen-bond donors (Lipinski definition) is 0. The van der Waals surface area contributed by atoms with Crippen LogP contribution in [0.3, 0.4) is 0 Å². The molecule has 3 heterocycles. The average Bonchev–Trinajstić information content (AvgIpc) is 1.47. The van der Waals surface area contributed by atoms with Crippen molar-refractivity contribution in [1.29, 1.82) is 0 Å². The van der Waals surface area contributed by atoms with E-state index in [1.165, 1.54) is 16.7 Å². The third kappa shape index (κ3) is 11.3. The van der Waals surface area contributed by atoms with Crippen molar-refractivity contribution in [1.82, 2.24) is 9.55 Å². The minimum atomic E-state index is -1.51. The van der Waals surface area contributed by atoms with E-state index < -0.39 is 6.37 Å². The maximum Gasteiger partial charge on any atom is 0.135 e. The number of anilines is 4. The molecule has 1 aliphatic carbocycles. The van der Waals surface area contributed by atoms with Crippen LogP contribution in [0.4, 0.5) is 22.7 Å². The van der Waals surface area contributed by atoms with Gasteiger partial charge in [0.1, 0.15) is 5.82 Å². The molecule has 0 saturated heterocycles. The van der Waals surface area contributed by atoms with Crippen molar-refractivity contribution in [3.8, 4) is 50.7 Å². The van der Waals surface area contributed by atoms with Crippen LogP contribution >= 0.6 is 0 Å². The first-order valence-electron chi connectivity index (χ1n) is 32.7. The number of rotatable bonds is 12. The Hall–Kier alpha value is -7.20. The van der Waals surface area contributed by atoms with Crippen LogP contribution in [0.2, 0.25) is 0 Å². The van der Waals surface area contributed by atoms with Gasteiger partial charge in [0.2, 0.25) is 0 Å². The maximum atomic E-state index is 9.20. The van der Waals surface area contributed by atoms with E-state index in [9.17, 15) is 2.74 Å². The van der Waals surface area contributed by atoms with Gasteiger partial charge in [-0.25, -0.2) is 4.98 Å². The van der Waals surface area contributed by atoms with Crippen molar-refractivity contribution in [2.45, 2.75) is 144 Å². The van der Waals surface area contributed by atoms with Gasteiger partial charge in [0.05, 0.1) is 5.48 Å². The van der Waals surface area contributed by atoms with Crippen molar-refractivity contribution >= 4 is 44.6 Å². The maximum absolute atomic E-state index is 9.20. The second kappa shape index (κ2) is 22.3. The van der Waals surface area contributed by atoms with E-state index in [0.717, 1.165) is 86.5 Å². The molecule has 10 aromatic rings. The molecule has 84 heavy (non-hydrogen) atoms. The molecular weight excluding hydrogens is 1200 g/mol. The van der Waals surface area contributed by atoms with Crippen LogP contribution in [0, 0.1) is 30.6 Å². The zero-order valence-corrected chi connectivity index (χ0v) is 53.5. The first kappa shape index (κ1) is 51.2. The van der Waals surface area contributed by atoms with Crippen LogP contribution in [0.1, 0.15) is 151 Å². The molecule has 2 aliphatic rings. The Bertz CT molecular complexity index is 4430. The minimum absolute atomic E-state index is 0. The van der Waals surface area contributed by atoms with Crippen LogP contribution < -0.4 is 14.5 Å². The van der Waals surface area contributed by atoms with Gasteiger partial charge < -0.3 is 19.1 Å². The van der Waals surface area contributed by atoms with E-state index in [2.05, 4.69) is 203 Å². The first-order chi connectivity index (χ1) is 41.9. The third-order valence-corrected chi connectivity index (χ3v) is 17.0. The number of benzene rings is 8.